The molecular weight excluding hydrogens is 232 g/mol. The maximum absolute atomic E-state index is 3.85. The van der Waals surface area contributed by atoms with Crippen LogP contribution in [0.15, 0.2) is 0 Å². The van der Waals surface area contributed by atoms with Gasteiger partial charge in [-0.15, -0.1) is 0 Å². The van der Waals surface area contributed by atoms with E-state index in [0.29, 0.717) is 5.54 Å². The summed E-state index contributed by atoms with van der Waals surface area (Å²) in [6, 6.07) is 0. The molecule has 3 atom stereocenters. The van der Waals surface area contributed by atoms with Crippen molar-refractivity contribution in [3.63, 3.8) is 0 Å². The minimum absolute atomic E-state index is 0.469. The molecule has 2 heterocycles. The lowest BCUT2D eigenvalue weighted by Crippen LogP contribution is -2.53. The third-order valence-corrected chi connectivity index (χ3v) is 5.96. The SMILES string of the molecule is CCCC1(CN2CCC3CCCCC3C2)CCCN1. The fourth-order valence-electron chi connectivity index (χ4n) is 5.02. The number of hydrogen-bond acceptors (Lipinski definition) is 2. The van der Waals surface area contributed by atoms with Gasteiger partial charge in [-0.3, -0.25) is 0 Å². The van der Waals surface area contributed by atoms with E-state index in [0.717, 1.165) is 11.8 Å². The van der Waals surface area contributed by atoms with E-state index in [1.54, 1.807) is 0 Å². The zero-order valence-electron chi connectivity index (χ0n) is 12.8. The van der Waals surface area contributed by atoms with E-state index in [4.69, 9.17) is 0 Å². The summed E-state index contributed by atoms with van der Waals surface area (Å²) in [5.41, 5.74) is 0.469. The maximum Gasteiger partial charge on any atom is 0.0309 e. The number of nitrogens with zero attached hydrogens (tertiary/aromatic N) is 1. The summed E-state index contributed by atoms with van der Waals surface area (Å²) >= 11 is 0. The normalized spacial score (nSPS) is 40.3. The van der Waals surface area contributed by atoms with Crippen LogP contribution in [0.3, 0.4) is 0 Å². The molecule has 2 saturated heterocycles. The van der Waals surface area contributed by atoms with Crippen molar-refractivity contribution in [3.05, 3.63) is 0 Å². The zero-order valence-corrected chi connectivity index (χ0v) is 12.8. The van der Waals surface area contributed by atoms with Gasteiger partial charge in [0.2, 0.25) is 0 Å². The number of nitrogens with one attached hydrogen (secondary N) is 1. The van der Waals surface area contributed by atoms with Crippen LogP contribution >= 0.6 is 0 Å². The monoisotopic (exact) mass is 264 g/mol. The van der Waals surface area contributed by atoms with Gasteiger partial charge in [0.05, 0.1) is 0 Å². The quantitative estimate of drug-likeness (QED) is 0.837. The molecule has 19 heavy (non-hydrogen) atoms. The van der Waals surface area contributed by atoms with E-state index in [1.165, 1.54) is 84.0 Å². The van der Waals surface area contributed by atoms with E-state index < -0.39 is 0 Å². The van der Waals surface area contributed by atoms with Gasteiger partial charge in [-0.2, -0.15) is 0 Å². The van der Waals surface area contributed by atoms with Crippen LogP contribution in [0.2, 0.25) is 0 Å². The third kappa shape index (κ3) is 3.16. The first-order valence-corrected chi connectivity index (χ1v) is 8.79. The molecule has 2 heteroatoms. The molecule has 0 radical (unpaired) electrons. The Balaban J connectivity index is 1.57. The highest BCUT2D eigenvalue weighted by Gasteiger charge is 2.37. The van der Waals surface area contributed by atoms with Crippen LogP contribution in [0.1, 0.15) is 64.7 Å². The minimum Gasteiger partial charge on any atom is -0.310 e. The van der Waals surface area contributed by atoms with Crippen LogP contribution in [-0.4, -0.2) is 36.6 Å². The van der Waals surface area contributed by atoms with Gasteiger partial charge in [0, 0.05) is 18.6 Å². The van der Waals surface area contributed by atoms with Crippen LogP contribution in [0.5, 0.6) is 0 Å². The number of piperidine rings is 1. The number of likely N-dealkylation sites (tertiary alicyclic amines) is 1. The predicted octanol–water partition coefficient (Wildman–Crippen LogP) is 3.42. The Hall–Kier alpha value is -0.0800. The van der Waals surface area contributed by atoms with E-state index >= 15 is 0 Å². The van der Waals surface area contributed by atoms with E-state index in [-0.39, 0.29) is 0 Å². The molecule has 3 aliphatic rings. The molecule has 0 aromatic carbocycles. The lowest BCUT2D eigenvalue weighted by molar-refractivity contribution is 0.0646. The minimum atomic E-state index is 0.469. The van der Waals surface area contributed by atoms with Crippen molar-refractivity contribution in [2.24, 2.45) is 11.8 Å². The second-order valence-electron chi connectivity index (χ2n) is 7.39. The molecular formula is C17H32N2. The van der Waals surface area contributed by atoms with E-state index in [1.807, 2.05) is 0 Å². The Labute approximate surface area is 119 Å². The molecule has 110 valence electrons. The largest absolute Gasteiger partial charge is 0.310 e. The van der Waals surface area contributed by atoms with Gasteiger partial charge in [-0.25, -0.2) is 0 Å². The fourth-order valence-corrected chi connectivity index (χ4v) is 5.02. The molecule has 1 aliphatic carbocycles. The molecule has 2 nitrogen and oxygen atoms in total. The van der Waals surface area contributed by atoms with Crippen LogP contribution in [0.25, 0.3) is 0 Å². The van der Waals surface area contributed by atoms with Crippen molar-refractivity contribution < 1.29 is 0 Å². The Morgan fingerprint density at radius 1 is 1.11 bits per heavy atom. The van der Waals surface area contributed by atoms with Gasteiger partial charge in [0.25, 0.3) is 0 Å². The van der Waals surface area contributed by atoms with Gasteiger partial charge >= 0.3 is 0 Å². The van der Waals surface area contributed by atoms with Crippen molar-refractivity contribution in [2.45, 2.75) is 70.3 Å². The first-order chi connectivity index (χ1) is 9.31. The van der Waals surface area contributed by atoms with Gasteiger partial charge in [-0.1, -0.05) is 32.6 Å². The second kappa shape index (κ2) is 6.13. The van der Waals surface area contributed by atoms with E-state index in [9.17, 15) is 0 Å². The summed E-state index contributed by atoms with van der Waals surface area (Å²) in [6.45, 7) is 7.69. The second-order valence-corrected chi connectivity index (χ2v) is 7.39. The van der Waals surface area contributed by atoms with Crippen LogP contribution in [-0.2, 0) is 0 Å². The highest BCUT2D eigenvalue weighted by Crippen LogP contribution is 2.37. The highest BCUT2D eigenvalue weighted by atomic mass is 15.2. The molecule has 0 bridgehead atoms. The molecule has 0 spiro atoms. The first-order valence-electron chi connectivity index (χ1n) is 8.79. The van der Waals surface area contributed by atoms with Crippen molar-refractivity contribution >= 4 is 0 Å². The fraction of sp³-hybridized carbons (Fsp3) is 1.00. The van der Waals surface area contributed by atoms with Crippen molar-refractivity contribution in [3.8, 4) is 0 Å². The highest BCUT2D eigenvalue weighted by molar-refractivity contribution is 4.96. The predicted molar refractivity (Wildman–Crippen MR) is 81.4 cm³/mol. The van der Waals surface area contributed by atoms with Crippen molar-refractivity contribution in [2.75, 3.05) is 26.2 Å². The standard InChI is InChI=1S/C17H32N2/c1-2-9-17(10-5-11-18-17)14-19-12-8-15-6-3-4-7-16(15)13-19/h15-16,18H,2-14H2,1H3. The Morgan fingerprint density at radius 3 is 2.68 bits per heavy atom. The summed E-state index contributed by atoms with van der Waals surface area (Å²) in [6.07, 6.45) is 13.0. The van der Waals surface area contributed by atoms with Gasteiger partial charge in [0.15, 0.2) is 0 Å². The van der Waals surface area contributed by atoms with Crippen LogP contribution in [0.4, 0.5) is 0 Å². The average molecular weight is 264 g/mol. The lowest BCUT2D eigenvalue weighted by Gasteiger charge is -2.44. The van der Waals surface area contributed by atoms with Crippen molar-refractivity contribution in [1.29, 1.82) is 0 Å². The molecule has 3 rings (SSSR count). The number of rotatable bonds is 4. The molecule has 0 aromatic rings. The summed E-state index contributed by atoms with van der Waals surface area (Å²) in [5.74, 6) is 2.10. The van der Waals surface area contributed by atoms with Gasteiger partial charge < -0.3 is 10.2 Å². The zero-order chi connectivity index (χ0) is 13.1. The molecule has 1 saturated carbocycles. The Bertz CT molecular complexity index is 283. The van der Waals surface area contributed by atoms with E-state index in [2.05, 4.69) is 17.1 Å². The van der Waals surface area contributed by atoms with Crippen LogP contribution < -0.4 is 5.32 Å². The summed E-state index contributed by atoms with van der Waals surface area (Å²) in [4.78, 5) is 2.81. The molecule has 3 fully saturated rings. The summed E-state index contributed by atoms with van der Waals surface area (Å²) in [7, 11) is 0. The van der Waals surface area contributed by atoms with Crippen molar-refractivity contribution in [1.82, 2.24) is 10.2 Å². The van der Waals surface area contributed by atoms with Crippen LogP contribution in [0, 0.1) is 11.8 Å². The molecule has 3 unspecified atom stereocenters. The van der Waals surface area contributed by atoms with Gasteiger partial charge in [-0.05, 0) is 57.0 Å². The first kappa shape index (κ1) is 13.9. The number of hydrogen-bond donors (Lipinski definition) is 1. The lowest BCUT2D eigenvalue weighted by atomic mass is 9.74. The number of fused-ring (bicyclic) bond motifs is 1. The molecule has 2 aliphatic heterocycles. The third-order valence-electron chi connectivity index (χ3n) is 5.96. The molecule has 0 amide bonds. The smallest absolute Gasteiger partial charge is 0.0309 e. The Kier molecular flexibility index (Phi) is 4.48. The Morgan fingerprint density at radius 2 is 1.95 bits per heavy atom. The topological polar surface area (TPSA) is 15.3 Å². The summed E-state index contributed by atoms with van der Waals surface area (Å²) < 4.78 is 0. The molecule has 1 N–H and O–H groups in total. The maximum atomic E-state index is 3.85. The summed E-state index contributed by atoms with van der Waals surface area (Å²) in [5, 5.41) is 3.85. The molecule has 0 aromatic heterocycles. The average Bonchev–Trinajstić information content (AvgIpc) is 2.87. The van der Waals surface area contributed by atoms with Gasteiger partial charge in [0.1, 0.15) is 0 Å².